The molecule has 0 spiro atoms. The standard InChI is InChI=1S/C9H13NO3.C5H10N2S4.C3H7NS2.Mg/c1-11-7-4-6(10)5-8(12-2)9(7)13-3;1-3(7-5(10)11)2-6-4(8)9;1-4(2)3(5)6;/h4-5H,10H2,1-3H3;3H,2H2,1H3,(H2,6,8,9)(H2,7,10,11);1-2H3,(H,5,6);/q;;;+2. The van der Waals surface area contributed by atoms with Gasteiger partial charge >= 0.3 is 23.1 Å². The van der Waals surface area contributed by atoms with Crippen molar-refractivity contribution in [3.05, 3.63) is 12.1 Å². The largest absolute Gasteiger partial charge is 2.00 e. The second kappa shape index (κ2) is 20.5. The molecule has 0 amide bonds. The van der Waals surface area contributed by atoms with Crippen LogP contribution in [0.5, 0.6) is 17.2 Å². The van der Waals surface area contributed by atoms with Crippen molar-refractivity contribution in [3.8, 4) is 17.2 Å². The average molecular weight is 555 g/mol. The molecule has 0 aliphatic heterocycles. The molecule has 4 N–H and O–H groups in total. The van der Waals surface area contributed by atoms with Crippen LogP contribution in [0.3, 0.4) is 0 Å². The molecule has 0 saturated carbocycles. The maximum absolute atomic E-state index is 5.62. The molecule has 0 aliphatic rings. The molecule has 1 rings (SSSR count). The van der Waals surface area contributed by atoms with Crippen molar-refractivity contribution in [1.82, 2.24) is 15.5 Å². The van der Waals surface area contributed by atoms with Crippen molar-refractivity contribution >= 4 is 116 Å². The van der Waals surface area contributed by atoms with Crippen LogP contribution < -0.4 is 30.6 Å². The molecule has 0 heterocycles. The number of anilines is 1. The molecule has 172 valence electrons. The predicted octanol–water partition coefficient (Wildman–Crippen LogP) is 2.66. The molecule has 7 nitrogen and oxygen atoms in total. The first kappa shape index (κ1) is 35.5. The number of hydrogen-bond acceptors (Lipinski definition) is 7. The van der Waals surface area contributed by atoms with Crippen molar-refractivity contribution in [3.63, 3.8) is 0 Å². The number of nitrogens with two attached hydrogens (primary N) is 1. The fourth-order valence-corrected chi connectivity index (χ4v) is 2.20. The van der Waals surface area contributed by atoms with E-state index in [1.807, 2.05) is 21.0 Å². The van der Waals surface area contributed by atoms with E-state index < -0.39 is 0 Å². The Morgan fingerprint density at radius 3 is 1.68 bits per heavy atom. The van der Waals surface area contributed by atoms with Crippen LogP contribution in [0.2, 0.25) is 0 Å². The number of nitrogens with zero attached hydrogens (tertiary/aromatic N) is 1. The molecule has 1 aromatic carbocycles. The monoisotopic (exact) mass is 554 g/mol. The summed E-state index contributed by atoms with van der Waals surface area (Å²) in [5, 5.41) is 5.83. The van der Waals surface area contributed by atoms with Gasteiger partial charge in [-0.3, -0.25) is 0 Å². The van der Waals surface area contributed by atoms with Gasteiger partial charge in [-0.15, -0.1) is 37.9 Å². The molecule has 0 fully saturated rings. The normalized spacial score (nSPS) is 9.71. The zero-order valence-corrected chi connectivity index (χ0v) is 25.0. The van der Waals surface area contributed by atoms with E-state index in [1.54, 1.807) is 38.4 Å². The Morgan fingerprint density at radius 1 is 1.00 bits per heavy atom. The van der Waals surface area contributed by atoms with Crippen LogP contribution in [-0.2, 0) is 0 Å². The van der Waals surface area contributed by atoms with Gasteiger partial charge in [-0.25, -0.2) is 0 Å². The summed E-state index contributed by atoms with van der Waals surface area (Å²) in [6.07, 6.45) is 0. The Hall–Kier alpha value is -0.0938. The minimum Gasteiger partial charge on any atom is -0.493 e. The third-order valence-corrected chi connectivity index (χ3v) is 4.31. The second-order valence-corrected chi connectivity index (χ2v) is 9.10. The Morgan fingerprint density at radius 2 is 1.42 bits per heavy atom. The number of thiocarbonyl (C=S) groups is 3. The van der Waals surface area contributed by atoms with E-state index >= 15 is 0 Å². The summed E-state index contributed by atoms with van der Waals surface area (Å²) in [5.41, 5.74) is 6.20. The van der Waals surface area contributed by atoms with Crippen molar-refractivity contribution in [1.29, 1.82) is 0 Å². The van der Waals surface area contributed by atoms with E-state index in [-0.39, 0.29) is 29.1 Å². The number of nitrogen functional groups attached to an aromatic ring is 1. The van der Waals surface area contributed by atoms with Crippen LogP contribution in [0.4, 0.5) is 5.69 Å². The third kappa shape index (κ3) is 19.1. The minimum absolute atomic E-state index is 0. The van der Waals surface area contributed by atoms with Crippen LogP contribution in [0.15, 0.2) is 12.1 Å². The molecule has 0 radical (unpaired) electrons. The van der Waals surface area contributed by atoms with Crippen LogP contribution >= 0.6 is 74.5 Å². The molecular formula is C17H30MgN4O3S6+2. The molecule has 14 heteroatoms. The molecule has 0 bridgehead atoms. The Bertz CT molecular complexity index is 673. The number of rotatable bonds is 6. The maximum Gasteiger partial charge on any atom is 2.00 e. The Labute approximate surface area is 234 Å². The molecular weight excluding hydrogens is 525 g/mol. The summed E-state index contributed by atoms with van der Waals surface area (Å²) < 4.78 is 16.9. The molecule has 0 saturated heterocycles. The summed E-state index contributed by atoms with van der Waals surface area (Å²) in [6.45, 7) is 2.67. The van der Waals surface area contributed by atoms with Crippen LogP contribution in [0.25, 0.3) is 0 Å². The Balaban J connectivity index is -0.000000398. The van der Waals surface area contributed by atoms with Crippen molar-refractivity contribution < 1.29 is 14.2 Å². The van der Waals surface area contributed by atoms with Crippen LogP contribution in [0.1, 0.15) is 6.92 Å². The summed E-state index contributed by atoms with van der Waals surface area (Å²) in [6, 6.07) is 3.58. The molecule has 1 atom stereocenters. The van der Waals surface area contributed by atoms with Gasteiger partial charge in [-0.1, -0.05) is 36.7 Å². The number of ether oxygens (including phenoxy) is 3. The SMILES string of the molecule is CC(CNC(=S)S)NC(=S)S.CN(C)C(=S)S.COc1cc(N)cc(OC)c1OC.[Mg+2]. The first-order valence-corrected chi connectivity index (χ1v) is 10.9. The smallest absolute Gasteiger partial charge is 0.493 e. The average Bonchev–Trinajstić information content (AvgIpc) is 2.65. The number of hydrogen-bond donors (Lipinski definition) is 6. The van der Waals surface area contributed by atoms with Gasteiger partial charge in [-0.05, 0) is 6.92 Å². The fourth-order valence-electron chi connectivity index (χ4n) is 1.60. The number of nitrogens with one attached hydrogen (secondary N) is 2. The second-order valence-electron chi connectivity index (χ2n) is 5.67. The van der Waals surface area contributed by atoms with Gasteiger partial charge in [0.2, 0.25) is 5.75 Å². The molecule has 31 heavy (non-hydrogen) atoms. The van der Waals surface area contributed by atoms with E-state index in [9.17, 15) is 0 Å². The van der Waals surface area contributed by atoms with E-state index in [4.69, 9.17) is 44.4 Å². The summed E-state index contributed by atoms with van der Waals surface area (Å²) >= 11 is 25.7. The third-order valence-electron chi connectivity index (χ3n) is 3.00. The van der Waals surface area contributed by atoms with Gasteiger partial charge in [0, 0.05) is 44.5 Å². The fraction of sp³-hybridized carbons (Fsp3) is 0.471. The van der Waals surface area contributed by atoms with E-state index in [1.165, 1.54) is 0 Å². The zero-order chi connectivity index (χ0) is 23.9. The van der Waals surface area contributed by atoms with E-state index in [2.05, 4.69) is 60.7 Å². The molecule has 0 aromatic heterocycles. The first-order chi connectivity index (χ1) is 13.9. The molecule has 1 aromatic rings. The van der Waals surface area contributed by atoms with Crippen LogP contribution in [-0.4, -0.2) is 88.9 Å². The summed E-state index contributed by atoms with van der Waals surface area (Å²) in [7, 11) is 8.37. The minimum atomic E-state index is 0. The number of methoxy groups -OCH3 is 3. The molecule has 1 unspecified atom stereocenters. The maximum atomic E-state index is 5.62. The van der Waals surface area contributed by atoms with Gasteiger partial charge < -0.3 is 35.5 Å². The summed E-state index contributed by atoms with van der Waals surface area (Å²) in [5.74, 6) is 1.69. The zero-order valence-electron chi connectivity index (χ0n) is 18.5. The van der Waals surface area contributed by atoms with E-state index in [0.717, 1.165) is 0 Å². The summed E-state index contributed by atoms with van der Waals surface area (Å²) in [4.78, 5) is 1.76. The van der Waals surface area contributed by atoms with Crippen LogP contribution in [0, 0.1) is 0 Å². The van der Waals surface area contributed by atoms with Crippen molar-refractivity contribution in [2.75, 3.05) is 47.7 Å². The van der Waals surface area contributed by atoms with Gasteiger partial charge in [0.05, 0.1) is 21.3 Å². The van der Waals surface area contributed by atoms with Crippen molar-refractivity contribution in [2.24, 2.45) is 0 Å². The Kier molecular flexibility index (Phi) is 23.5. The van der Waals surface area contributed by atoms with Gasteiger partial charge in [0.1, 0.15) is 13.0 Å². The molecule has 0 aliphatic carbocycles. The van der Waals surface area contributed by atoms with Gasteiger partial charge in [0.15, 0.2) is 11.5 Å². The topological polar surface area (TPSA) is 81.0 Å². The van der Waals surface area contributed by atoms with Crippen molar-refractivity contribution in [2.45, 2.75) is 13.0 Å². The first-order valence-electron chi connectivity index (χ1n) is 8.31. The number of thiol groups is 3. The number of benzene rings is 1. The predicted molar refractivity (Wildman–Crippen MR) is 155 cm³/mol. The van der Waals surface area contributed by atoms with E-state index in [0.29, 0.717) is 42.4 Å². The quantitative estimate of drug-likeness (QED) is 0.137. The van der Waals surface area contributed by atoms with Gasteiger partial charge in [-0.2, -0.15) is 0 Å². The van der Waals surface area contributed by atoms with Gasteiger partial charge in [0.25, 0.3) is 0 Å².